The summed E-state index contributed by atoms with van der Waals surface area (Å²) in [6, 6.07) is 9.80. The molecule has 1 atom stereocenters. The average molecular weight is 341 g/mol. The predicted molar refractivity (Wildman–Crippen MR) is 95.4 cm³/mol. The van der Waals surface area contributed by atoms with Crippen LogP contribution in [0, 0.1) is 5.82 Å². The molecule has 0 aliphatic heterocycles. The van der Waals surface area contributed by atoms with Gasteiger partial charge in [-0.05, 0) is 42.3 Å². The minimum Gasteiger partial charge on any atom is -0.306 e. The molecule has 0 radical (unpaired) electrons. The Labute approximate surface area is 145 Å². The number of benzene rings is 1. The van der Waals surface area contributed by atoms with Gasteiger partial charge in [0, 0.05) is 41.3 Å². The predicted octanol–water partition coefficient (Wildman–Crippen LogP) is 4.45. The van der Waals surface area contributed by atoms with Gasteiger partial charge in [-0.25, -0.2) is 4.39 Å². The minimum atomic E-state index is -0.143. The summed E-state index contributed by atoms with van der Waals surface area (Å²) in [7, 11) is 1.99. The SMILES string of the molecule is Cn1ncc2c1CCCC2NCc1ccc(-c2cccs2)cc1F. The van der Waals surface area contributed by atoms with Crippen LogP contribution >= 0.6 is 11.3 Å². The number of aromatic nitrogens is 2. The Balaban J connectivity index is 1.49. The van der Waals surface area contributed by atoms with Crippen LogP contribution in [0.1, 0.15) is 35.7 Å². The lowest BCUT2D eigenvalue weighted by Gasteiger charge is -2.24. The molecule has 3 nitrogen and oxygen atoms in total. The summed E-state index contributed by atoms with van der Waals surface area (Å²) in [5.41, 5.74) is 4.22. The van der Waals surface area contributed by atoms with Crippen LogP contribution in [-0.4, -0.2) is 9.78 Å². The molecule has 4 rings (SSSR count). The van der Waals surface area contributed by atoms with Gasteiger partial charge in [-0.1, -0.05) is 18.2 Å². The van der Waals surface area contributed by atoms with Crippen molar-refractivity contribution in [2.45, 2.75) is 31.8 Å². The van der Waals surface area contributed by atoms with Crippen LogP contribution in [0.25, 0.3) is 10.4 Å². The van der Waals surface area contributed by atoms with Crippen molar-refractivity contribution < 1.29 is 4.39 Å². The molecule has 0 amide bonds. The number of hydrogen-bond donors (Lipinski definition) is 1. The average Bonchev–Trinajstić information content (AvgIpc) is 3.24. The van der Waals surface area contributed by atoms with Crippen LogP contribution in [0.5, 0.6) is 0 Å². The highest BCUT2D eigenvalue weighted by atomic mass is 32.1. The van der Waals surface area contributed by atoms with E-state index < -0.39 is 0 Å². The Kier molecular flexibility index (Phi) is 4.21. The molecule has 0 bridgehead atoms. The van der Waals surface area contributed by atoms with Gasteiger partial charge in [0.15, 0.2) is 0 Å². The molecule has 0 saturated carbocycles. The first kappa shape index (κ1) is 15.5. The number of nitrogens with one attached hydrogen (secondary N) is 1. The molecule has 0 saturated heterocycles. The van der Waals surface area contributed by atoms with E-state index >= 15 is 0 Å². The van der Waals surface area contributed by atoms with Gasteiger partial charge in [0.05, 0.1) is 6.20 Å². The van der Waals surface area contributed by atoms with Crippen molar-refractivity contribution in [2.75, 3.05) is 0 Å². The van der Waals surface area contributed by atoms with Crippen LogP contribution < -0.4 is 5.32 Å². The van der Waals surface area contributed by atoms with E-state index in [9.17, 15) is 4.39 Å². The normalized spacial score (nSPS) is 17.0. The molecule has 0 spiro atoms. The van der Waals surface area contributed by atoms with E-state index in [2.05, 4.69) is 10.4 Å². The van der Waals surface area contributed by atoms with Gasteiger partial charge in [-0.15, -0.1) is 11.3 Å². The van der Waals surface area contributed by atoms with E-state index in [1.54, 1.807) is 17.4 Å². The molecule has 2 aromatic heterocycles. The third kappa shape index (κ3) is 2.89. The zero-order valence-corrected chi connectivity index (χ0v) is 14.4. The van der Waals surface area contributed by atoms with E-state index in [1.807, 2.05) is 47.6 Å². The maximum Gasteiger partial charge on any atom is 0.128 e. The maximum atomic E-state index is 14.4. The fraction of sp³-hybridized carbons (Fsp3) is 0.316. The van der Waals surface area contributed by atoms with Crippen LogP contribution in [0.2, 0.25) is 0 Å². The molecule has 3 aromatic rings. The Morgan fingerprint density at radius 3 is 3.08 bits per heavy atom. The zero-order chi connectivity index (χ0) is 16.5. The van der Waals surface area contributed by atoms with Gasteiger partial charge in [0.25, 0.3) is 0 Å². The number of rotatable bonds is 4. The van der Waals surface area contributed by atoms with E-state index in [4.69, 9.17) is 0 Å². The third-order valence-corrected chi connectivity index (χ3v) is 5.69. The number of hydrogen-bond acceptors (Lipinski definition) is 3. The number of halogens is 1. The third-order valence-electron chi connectivity index (χ3n) is 4.77. The Morgan fingerprint density at radius 1 is 1.38 bits per heavy atom. The zero-order valence-electron chi connectivity index (χ0n) is 13.6. The van der Waals surface area contributed by atoms with E-state index in [0.717, 1.165) is 29.7 Å². The van der Waals surface area contributed by atoms with Crippen molar-refractivity contribution in [1.82, 2.24) is 15.1 Å². The molecule has 5 heteroatoms. The lowest BCUT2D eigenvalue weighted by molar-refractivity contribution is 0.446. The summed E-state index contributed by atoms with van der Waals surface area (Å²) in [6.45, 7) is 0.537. The molecule has 0 fully saturated rings. The highest BCUT2D eigenvalue weighted by Crippen LogP contribution is 2.30. The molecular formula is C19H20FN3S. The van der Waals surface area contributed by atoms with Gasteiger partial charge in [-0.2, -0.15) is 5.10 Å². The summed E-state index contributed by atoms with van der Waals surface area (Å²) in [6.07, 6.45) is 5.24. The second-order valence-electron chi connectivity index (χ2n) is 6.28. The van der Waals surface area contributed by atoms with Gasteiger partial charge < -0.3 is 5.32 Å². The largest absolute Gasteiger partial charge is 0.306 e. The van der Waals surface area contributed by atoms with Crippen LogP contribution in [-0.2, 0) is 20.0 Å². The summed E-state index contributed by atoms with van der Waals surface area (Å²) >= 11 is 1.63. The molecule has 1 aromatic carbocycles. The van der Waals surface area contributed by atoms with Gasteiger partial charge in [-0.3, -0.25) is 4.68 Å². The molecule has 124 valence electrons. The summed E-state index contributed by atoms with van der Waals surface area (Å²) in [5, 5.41) is 9.89. The fourth-order valence-electron chi connectivity index (χ4n) is 3.44. The first-order valence-electron chi connectivity index (χ1n) is 8.29. The van der Waals surface area contributed by atoms with Gasteiger partial charge in [0.1, 0.15) is 5.82 Å². The second kappa shape index (κ2) is 6.49. The molecule has 1 aliphatic rings. The van der Waals surface area contributed by atoms with Crippen LogP contribution in [0.3, 0.4) is 0 Å². The summed E-state index contributed by atoms with van der Waals surface area (Å²) in [4.78, 5) is 1.10. The van der Waals surface area contributed by atoms with Crippen LogP contribution in [0.4, 0.5) is 4.39 Å². The van der Waals surface area contributed by atoms with E-state index in [1.165, 1.54) is 11.3 Å². The Bertz CT molecular complexity index is 838. The molecule has 24 heavy (non-hydrogen) atoms. The van der Waals surface area contributed by atoms with Crippen LogP contribution in [0.15, 0.2) is 41.9 Å². The van der Waals surface area contributed by atoms with Crippen molar-refractivity contribution >= 4 is 11.3 Å². The Hall–Kier alpha value is -1.98. The topological polar surface area (TPSA) is 29.9 Å². The van der Waals surface area contributed by atoms with Gasteiger partial charge in [0.2, 0.25) is 0 Å². The van der Waals surface area contributed by atoms with Crippen molar-refractivity contribution in [3.05, 3.63) is 64.5 Å². The molecule has 1 aliphatic carbocycles. The lowest BCUT2D eigenvalue weighted by Crippen LogP contribution is -2.25. The van der Waals surface area contributed by atoms with Crippen molar-refractivity contribution in [1.29, 1.82) is 0 Å². The van der Waals surface area contributed by atoms with E-state index in [0.29, 0.717) is 12.1 Å². The first-order valence-corrected chi connectivity index (χ1v) is 9.17. The molecular weight excluding hydrogens is 321 g/mol. The van der Waals surface area contributed by atoms with Gasteiger partial charge >= 0.3 is 0 Å². The highest BCUT2D eigenvalue weighted by molar-refractivity contribution is 7.13. The fourth-order valence-corrected chi connectivity index (χ4v) is 4.16. The smallest absolute Gasteiger partial charge is 0.128 e. The molecule has 2 heterocycles. The highest BCUT2D eigenvalue weighted by Gasteiger charge is 2.23. The number of fused-ring (bicyclic) bond motifs is 1. The number of aryl methyl sites for hydroxylation is 1. The quantitative estimate of drug-likeness (QED) is 0.759. The standard InChI is InChI=1S/C19H20FN3S/c1-23-18-5-2-4-17(15(18)12-22-23)21-11-14-8-7-13(10-16(14)20)19-6-3-9-24-19/h3,6-10,12,17,21H,2,4-5,11H2,1H3. The lowest BCUT2D eigenvalue weighted by atomic mass is 9.93. The minimum absolute atomic E-state index is 0.143. The van der Waals surface area contributed by atoms with Crippen molar-refractivity contribution in [2.24, 2.45) is 7.05 Å². The monoisotopic (exact) mass is 341 g/mol. The second-order valence-corrected chi connectivity index (χ2v) is 7.23. The van der Waals surface area contributed by atoms with Crippen molar-refractivity contribution in [3.8, 4) is 10.4 Å². The summed E-state index contributed by atoms with van der Waals surface area (Å²) < 4.78 is 16.4. The molecule has 1 N–H and O–H groups in total. The summed E-state index contributed by atoms with van der Waals surface area (Å²) in [5.74, 6) is -0.143. The first-order chi connectivity index (χ1) is 11.7. The maximum absolute atomic E-state index is 14.4. The van der Waals surface area contributed by atoms with E-state index in [-0.39, 0.29) is 11.9 Å². The number of thiophene rings is 1. The van der Waals surface area contributed by atoms with Crippen molar-refractivity contribution in [3.63, 3.8) is 0 Å². The number of nitrogens with zero attached hydrogens (tertiary/aromatic N) is 2. The Morgan fingerprint density at radius 2 is 2.29 bits per heavy atom. The molecule has 1 unspecified atom stereocenters.